The minimum atomic E-state index is -2.98. The van der Waals surface area contributed by atoms with Gasteiger partial charge in [0.05, 0.1) is 11.4 Å². The van der Waals surface area contributed by atoms with Crippen molar-refractivity contribution >= 4 is 38.4 Å². The number of thiophene rings is 1. The molecule has 0 aromatic carbocycles. The summed E-state index contributed by atoms with van der Waals surface area (Å²) in [5.41, 5.74) is 1.71. The predicted molar refractivity (Wildman–Crippen MR) is 86.8 cm³/mol. The highest BCUT2D eigenvalue weighted by molar-refractivity contribution is 7.90. The number of carbonyl (C=O) groups is 1. The Bertz CT molecular complexity index is 718. The van der Waals surface area contributed by atoms with E-state index in [0.29, 0.717) is 23.5 Å². The van der Waals surface area contributed by atoms with Crippen LogP contribution in [0.3, 0.4) is 0 Å². The lowest BCUT2D eigenvalue weighted by Gasteiger charge is -2.03. The van der Waals surface area contributed by atoms with Gasteiger partial charge in [-0.05, 0) is 24.8 Å². The van der Waals surface area contributed by atoms with Crippen LogP contribution in [0, 0.1) is 6.92 Å². The van der Waals surface area contributed by atoms with Crippen molar-refractivity contribution in [1.82, 2.24) is 10.3 Å². The SMILES string of the molecule is Cc1nc(-c2ccsc2)sc1C(=O)NCCCS(C)(=O)=O. The number of sulfone groups is 1. The number of rotatable bonds is 6. The van der Waals surface area contributed by atoms with Gasteiger partial charge in [0, 0.05) is 23.7 Å². The lowest BCUT2D eigenvalue weighted by atomic mass is 10.3. The molecule has 1 N–H and O–H groups in total. The van der Waals surface area contributed by atoms with E-state index in [9.17, 15) is 13.2 Å². The molecule has 2 aromatic rings. The fourth-order valence-corrected chi connectivity index (χ4v) is 4.10. The van der Waals surface area contributed by atoms with Crippen LogP contribution >= 0.6 is 22.7 Å². The lowest BCUT2D eigenvalue weighted by Crippen LogP contribution is -2.25. The Morgan fingerprint density at radius 2 is 2.19 bits per heavy atom. The molecule has 5 nitrogen and oxygen atoms in total. The maximum Gasteiger partial charge on any atom is 0.263 e. The number of amides is 1. The molecule has 0 aliphatic heterocycles. The molecule has 0 aliphatic rings. The van der Waals surface area contributed by atoms with Crippen molar-refractivity contribution in [3.8, 4) is 10.6 Å². The normalized spacial score (nSPS) is 11.5. The Balaban J connectivity index is 1.97. The van der Waals surface area contributed by atoms with Crippen LogP contribution in [-0.2, 0) is 9.84 Å². The molecule has 0 fully saturated rings. The lowest BCUT2D eigenvalue weighted by molar-refractivity contribution is 0.0957. The Morgan fingerprint density at radius 1 is 1.43 bits per heavy atom. The summed E-state index contributed by atoms with van der Waals surface area (Å²) >= 11 is 2.94. The molecular weight excluding hydrogens is 328 g/mol. The van der Waals surface area contributed by atoms with Gasteiger partial charge in [-0.2, -0.15) is 11.3 Å². The van der Waals surface area contributed by atoms with Crippen molar-refractivity contribution in [2.24, 2.45) is 0 Å². The maximum atomic E-state index is 12.1. The van der Waals surface area contributed by atoms with Crippen LogP contribution in [-0.4, -0.2) is 37.9 Å². The number of aromatic nitrogens is 1. The molecule has 0 unspecified atom stereocenters. The van der Waals surface area contributed by atoms with Crippen LogP contribution in [0.2, 0.25) is 0 Å². The van der Waals surface area contributed by atoms with Crippen LogP contribution in [0.4, 0.5) is 0 Å². The Kier molecular flexibility index (Phi) is 5.13. The molecule has 0 saturated heterocycles. The van der Waals surface area contributed by atoms with Gasteiger partial charge in [-0.25, -0.2) is 13.4 Å². The van der Waals surface area contributed by atoms with E-state index < -0.39 is 9.84 Å². The predicted octanol–water partition coefficient (Wildman–Crippen LogP) is 2.34. The molecule has 0 aliphatic carbocycles. The third kappa shape index (κ3) is 4.62. The van der Waals surface area contributed by atoms with E-state index in [2.05, 4.69) is 10.3 Å². The summed E-state index contributed by atoms with van der Waals surface area (Å²) in [5.74, 6) is -0.116. The second-order valence-electron chi connectivity index (χ2n) is 4.68. The largest absolute Gasteiger partial charge is 0.351 e. The highest BCUT2D eigenvalue weighted by Gasteiger charge is 2.16. The molecule has 114 valence electrons. The van der Waals surface area contributed by atoms with E-state index in [1.54, 1.807) is 18.3 Å². The topological polar surface area (TPSA) is 76.1 Å². The Labute approximate surface area is 132 Å². The molecule has 0 bridgehead atoms. The van der Waals surface area contributed by atoms with Crippen molar-refractivity contribution in [2.45, 2.75) is 13.3 Å². The first-order chi connectivity index (χ1) is 9.87. The summed E-state index contributed by atoms with van der Waals surface area (Å²) < 4.78 is 22.0. The Morgan fingerprint density at radius 3 is 2.81 bits per heavy atom. The van der Waals surface area contributed by atoms with Crippen molar-refractivity contribution < 1.29 is 13.2 Å². The van der Waals surface area contributed by atoms with E-state index in [1.165, 1.54) is 17.6 Å². The van der Waals surface area contributed by atoms with Crippen LogP contribution in [0.5, 0.6) is 0 Å². The van der Waals surface area contributed by atoms with Gasteiger partial charge in [-0.3, -0.25) is 4.79 Å². The van der Waals surface area contributed by atoms with Gasteiger partial charge in [0.2, 0.25) is 0 Å². The summed E-state index contributed by atoms with van der Waals surface area (Å²) in [4.78, 5) is 17.1. The molecule has 0 spiro atoms. The van der Waals surface area contributed by atoms with Gasteiger partial charge < -0.3 is 5.32 Å². The number of hydrogen-bond donors (Lipinski definition) is 1. The standard InChI is InChI=1S/C13H16N2O3S3/c1-9-11(12(16)14-5-3-7-21(2,17)18)20-13(15-9)10-4-6-19-8-10/h4,6,8H,3,5,7H2,1-2H3,(H,14,16). The fourth-order valence-electron chi connectivity index (χ4n) is 1.73. The molecule has 0 saturated carbocycles. The second-order valence-corrected chi connectivity index (χ2v) is 8.72. The number of thiazole rings is 1. The molecule has 1 amide bonds. The van der Waals surface area contributed by atoms with Gasteiger partial charge in [-0.15, -0.1) is 11.3 Å². The van der Waals surface area contributed by atoms with Crippen LogP contribution in [0.15, 0.2) is 16.8 Å². The van der Waals surface area contributed by atoms with Crippen LogP contribution < -0.4 is 5.32 Å². The third-order valence-corrected chi connectivity index (χ3v) is 5.67. The number of aryl methyl sites for hydroxylation is 1. The zero-order chi connectivity index (χ0) is 15.5. The first kappa shape index (κ1) is 16.1. The third-order valence-electron chi connectivity index (χ3n) is 2.75. The fraction of sp³-hybridized carbons (Fsp3) is 0.385. The molecule has 8 heteroatoms. The number of carbonyl (C=O) groups excluding carboxylic acids is 1. The van der Waals surface area contributed by atoms with Crippen molar-refractivity contribution in [3.05, 3.63) is 27.4 Å². The molecule has 0 atom stereocenters. The van der Waals surface area contributed by atoms with Crippen molar-refractivity contribution in [3.63, 3.8) is 0 Å². The van der Waals surface area contributed by atoms with E-state index >= 15 is 0 Å². The Hall–Kier alpha value is -1.25. The van der Waals surface area contributed by atoms with E-state index in [1.807, 2.05) is 16.8 Å². The first-order valence-electron chi connectivity index (χ1n) is 6.33. The number of hydrogen-bond acceptors (Lipinski definition) is 6. The average molecular weight is 344 g/mol. The van der Waals surface area contributed by atoms with Crippen LogP contribution in [0.25, 0.3) is 10.6 Å². The number of nitrogens with zero attached hydrogens (tertiary/aromatic N) is 1. The van der Waals surface area contributed by atoms with Gasteiger partial charge >= 0.3 is 0 Å². The van der Waals surface area contributed by atoms with E-state index in [-0.39, 0.29) is 11.7 Å². The summed E-state index contributed by atoms with van der Waals surface area (Å²) in [6.07, 6.45) is 1.61. The van der Waals surface area contributed by atoms with Gasteiger partial charge in [-0.1, -0.05) is 0 Å². The van der Waals surface area contributed by atoms with Gasteiger partial charge in [0.25, 0.3) is 5.91 Å². The molecule has 2 aromatic heterocycles. The highest BCUT2D eigenvalue weighted by atomic mass is 32.2. The van der Waals surface area contributed by atoms with Gasteiger partial charge in [0.1, 0.15) is 19.7 Å². The van der Waals surface area contributed by atoms with Crippen LogP contribution in [0.1, 0.15) is 21.8 Å². The molecule has 2 rings (SSSR count). The maximum absolute atomic E-state index is 12.1. The highest BCUT2D eigenvalue weighted by Crippen LogP contribution is 2.29. The zero-order valence-electron chi connectivity index (χ0n) is 11.8. The molecule has 21 heavy (non-hydrogen) atoms. The molecule has 0 radical (unpaired) electrons. The van der Waals surface area contributed by atoms with Crippen molar-refractivity contribution in [1.29, 1.82) is 0 Å². The monoisotopic (exact) mass is 344 g/mol. The summed E-state index contributed by atoms with van der Waals surface area (Å²) in [6.45, 7) is 2.15. The summed E-state index contributed by atoms with van der Waals surface area (Å²) in [6, 6.07) is 1.97. The zero-order valence-corrected chi connectivity index (χ0v) is 14.2. The van der Waals surface area contributed by atoms with E-state index in [0.717, 1.165) is 10.6 Å². The first-order valence-corrected chi connectivity index (χ1v) is 10.1. The summed E-state index contributed by atoms with van der Waals surface area (Å²) in [5, 5.41) is 7.53. The van der Waals surface area contributed by atoms with Crippen molar-refractivity contribution in [2.75, 3.05) is 18.6 Å². The molecule has 2 heterocycles. The second kappa shape index (κ2) is 6.67. The minimum absolute atomic E-state index is 0.0785. The quantitative estimate of drug-likeness (QED) is 0.816. The van der Waals surface area contributed by atoms with Gasteiger partial charge in [0.15, 0.2) is 0 Å². The molecular formula is C13H16N2O3S3. The smallest absolute Gasteiger partial charge is 0.263 e. The number of nitrogens with one attached hydrogen (secondary N) is 1. The summed E-state index contributed by atoms with van der Waals surface area (Å²) in [7, 11) is -2.98. The van der Waals surface area contributed by atoms with E-state index in [4.69, 9.17) is 0 Å². The average Bonchev–Trinajstić information content (AvgIpc) is 3.02. The minimum Gasteiger partial charge on any atom is -0.351 e.